The van der Waals surface area contributed by atoms with Gasteiger partial charge in [0.2, 0.25) is 10.0 Å². The molecule has 3 atom stereocenters. The molecule has 10 nitrogen and oxygen atoms in total. The number of carbonyl (C=O) groups is 1. The topological polar surface area (TPSA) is 131 Å². The Bertz CT molecular complexity index is 1080. The van der Waals surface area contributed by atoms with Crippen LogP contribution in [0.2, 0.25) is 0 Å². The number of anilines is 1. The molecule has 2 aromatic carbocycles. The Balaban J connectivity index is 1.32. The second-order valence-corrected chi connectivity index (χ2v) is 9.30. The normalized spacial score (nSPS) is 23.3. The van der Waals surface area contributed by atoms with Gasteiger partial charge in [-0.05, 0) is 31.0 Å². The number of hydrogen-bond donors (Lipinski definition) is 2. The molecule has 164 valence electrons. The molecule has 2 aliphatic rings. The van der Waals surface area contributed by atoms with Crippen LogP contribution in [0.3, 0.4) is 0 Å². The molecular formula is C20H22N4O6S. The van der Waals surface area contributed by atoms with Gasteiger partial charge in [-0.3, -0.25) is 10.1 Å². The molecule has 2 N–H and O–H groups in total. The summed E-state index contributed by atoms with van der Waals surface area (Å²) < 4.78 is 33.1. The number of rotatable bonds is 6. The van der Waals surface area contributed by atoms with Crippen LogP contribution in [-0.4, -0.2) is 55.0 Å². The fourth-order valence-corrected chi connectivity index (χ4v) is 5.75. The van der Waals surface area contributed by atoms with E-state index in [0.717, 1.165) is 0 Å². The van der Waals surface area contributed by atoms with Crippen molar-refractivity contribution in [1.82, 2.24) is 9.62 Å². The summed E-state index contributed by atoms with van der Waals surface area (Å²) in [6, 6.07) is 13.7. The molecule has 2 heterocycles. The first-order chi connectivity index (χ1) is 14.9. The van der Waals surface area contributed by atoms with E-state index >= 15 is 0 Å². The highest BCUT2D eigenvalue weighted by Gasteiger charge is 2.51. The van der Waals surface area contributed by atoms with E-state index < -0.39 is 20.6 Å². The first-order valence-corrected chi connectivity index (χ1v) is 11.3. The predicted molar refractivity (Wildman–Crippen MR) is 112 cm³/mol. The van der Waals surface area contributed by atoms with Crippen LogP contribution in [-0.2, 0) is 14.8 Å². The Morgan fingerprint density at radius 2 is 1.84 bits per heavy atom. The number of nitrogens with zero attached hydrogens (tertiary/aromatic N) is 2. The summed E-state index contributed by atoms with van der Waals surface area (Å²) in [5.41, 5.74) is 0.244. The summed E-state index contributed by atoms with van der Waals surface area (Å²) in [5, 5.41) is 16.7. The van der Waals surface area contributed by atoms with Gasteiger partial charge in [0.05, 0.1) is 23.2 Å². The van der Waals surface area contributed by atoms with Crippen LogP contribution in [0.4, 0.5) is 16.2 Å². The zero-order valence-electron chi connectivity index (χ0n) is 16.5. The number of nitro groups is 1. The number of benzene rings is 2. The smallest absolute Gasteiger partial charge is 0.319 e. The lowest BCUT2D eigenvalue weighted by atomic mass is 9.92. The Morgan fingerprint density at radius 3 is 2.55 bits per heavy atom. The lowest BCUT2D eigenvalue weighted by Gasteiger charge is -2.50. The molecule has 0 unspecified atom stereocenters. The van der Waals surface area contributed by atoms with Crippen LogP contribution >= 0.6 is 0 Å². The number of carbonyl (C=O) groups excluding carboxylic acids is 1. The van der Waals surface area contributed by atoms with Crippen LogP contribution in [0.1, 0.15) is 12.8 Å². The molecule has 31 heavy (non-hydrogen) atoms. The maximum Gasteiger partial charge on any atom is 0.319 e. The molecule has 11 heteroatoms. The highest BCUT2D eigenvalue weighted by molar-refractivity contribution is 7.89. The zero-order valence-corrected chi connectivity index (χ0v) is 17.3. The van der Waals surface area contributed by atoms with Crippen LogP contribution in [0.15, 0.2) is 59.5 Å². The van der Waals surface area contributed by atoms with Gasteiger partial charge in [0, 0.05) is 24.8 Å². The molecule has 2 saturated heterocycles. The van der Waals surface area contributed by atoms with Crippen LogP contribution in [0, 0.1) is 10.1 Å². The Morgan fingerprint density at radius 1 is 1.13 bits per heavy atom. The van der Waals surface area contributed by atoms with Crippen molar-refractivity contribution in [1.29, 1.82) is 0 Å². The van der Waals surface area contributed by atoms with Gasteiger partial charge in [-0.25, -0.2) is 13.2 Å². The number of nitro benzene ring substituents is 1. The molecule has 4 rings (SSSR count). The maximum absolute atomic E-state index is 13.0. The summed E-state index contributed by atoms with van der Waals surface area (Å²) in [6.45, 7) is 0.435. The third-order valence-corrected chi connectivity index (χ3v) is 7.42. The Kier molecular flexibility index (Phi) is 5.90. The van der Waals surface area contributed by atoms with Crippen LogP contribution in [0.5, 0.6) is 0 Å². The van der Waals surface area contributed by atoms with Crippen molar-refractivity contribution in [2.75, 3.05) is 18.4 Å². The van der Waals surface area contributed by atoms with Crippen molar-refractivity contribution < 1.29 is 22.9 Å². The summed E-state index contributed by atoms with van der Waals surface area (Å²) in [5.74, 6) is 0. The molecule has 2 aromatic rings. The first-order valence-electron chi connectivity index (χ1n) is 9.87. The monoisotopic (exact) mass is 446 g/mol. The standard InChI is InChI=1S/C20H22N4O6S/c25-20(22-14-6-2-1-3-7-14)21-12-15-10-11-16-18(30-15)13-23(16)31(28,29)19-9-5-4-8-17(19)24(26)27/h1-9,15-16,18H,10-13H2,(H2,21,22,25)/t15-,16-,18-/m1/s1. The number of amides is 2. The summed E-state index contributed by atoms with van der Waals surface area (Å²) in [4.78, 5) is 22.2. The number of para-hydroxylation sites is 2. The summed E-state index contributed by atoms with van der Waals surface area (Å²) >= 11 is 0. The second-order valence-electron chi connectivity index (χ2n) is 7.44. The number of hydrogen-bond acceptors (Lipinski definition) is 6. The van der Waals surface area contributed by atoms with Crippen molar-refractivity contribution >= 4 is 27.4 Å². The van der Waals surface area contributed by atoms with Crippen molar-refractivity contribution in [2.45, 2.75) is 36.0 Å². The number of nitrogens with one attached hydrogen (secondary N) is 2. The zero-order chi connectivity index (χ0) is 22.0. The minimum Gasteiger partial charge on any atom is -0.370 e. The number of ether oxygens (including phenoxy) is 1. The van der Waals surface area contributed by atoms with Gasteiger partial charge in [-0.2, -0.15) is 4.31 Å². The van der Waals surface area contributed by atoms with Gasteiger partial charge in [0.25, 0.3) is 5.69 Å². The Hall–Kier alpha value is -3.02. The second kappa shape index (κ2) is 8.61. The molecule has 2 amide bonds. The lowest BCUT2D eigenvalue weighted by Crippen LogP contribution is -2.66. The third-order valence-electron chi connectivity index (χ3n) is 5.48. The van der Waals surface area contributed by atoms with Crippen molar-refractivity contribution in [2.24, 2.45) is 0 Å². The van der Waals surface area contributed by atoms with Gasteiger partial charge in [-0.15, -0.1) is 0 Å². The third kappa shape index (κ3) is 4.38. The molecule has 2 fully saturated rings. The molecule has 2 aliphatic heterocycles. The summed E-state index contributed by atoms with van der Waals surface area (Å²) in [7, 11) is -3.99. The van der Waals surface area contributed by atoms with Crippen LogP contribution < -0.4 is 10.6 Å². The minimum absolute atomic E-state index is 0.131. The van der Waals surface area contributed by atoms with Gasteiger partial charge >= 0.3 is 6.03 Å². The summed E-state index contributed by atoms with van der Waals surface area (Å²) in [6.07, 6.45) is 0.598. The maximum atomic E-state index is 13.0. The number of fused-ring (bicyclic) bond motifs is 1. The van der Waals surface area contributed by atoms with E-state index in [4.69, 9.17) is 4.74 Å². The van der Waals surface area contributed by atoms with Gasteiger partial charge in [-0.1, -0.05) is 30.3 Å². The molecule has 0 spiro atoms. The highest BCUT2D eigenvalue weighted by Crippen LogP contribution is 2.38. The molecule has 0 radical (unpaired) electrons. The molecule has 0 aromatic heterocycles. The first kappa shape index (κ1) is 21.2. The number of urea groups is 1. The minimum atomic E-state index is -3.99. The Labute approximate surface area is 179 Å². The number of sulfonamides is 1. The van der Waals surface area contributed by atoms with Crippen LogP contribution in [0.25, 0.3) is 0 Å². The van der Waals surface area contributed by atoms with Gasteiger partial charge < -0.3 is 15.4 Å². The molecule has 0 bridgehead atoms. The van der Waals surface area contributed by atoms with E-state index in [2.05, 4.69) is 10.6 Å². The largest absolute Gasteiger partial charge is 0.370 e. The average Bonchev–Trinajstić information content (AvgIpc) is 2.74. The average molecular weight is 446 g/mol. The molecular weight excluding hydrogens is 424 g/mol. The van der Waals surface area contributed by atoms with E-state index in [1.165, 1.54) is 28.6 Å². The van der Waals surface area contributed by atoms with Crippen molar-refractivity contribution in [3.05, 3.63) is 64.7 Å². The van der Waals surface area contributed by atoms with Crippen molar-refractivity contribution in [3.8, 4) is 0 Å². The highest BCUT2D eigenvalue weighted by atomic mass is 32.2. The molecule has 0 saturated carbocycles. The van der Waals surface area contributed by atoms with E-state index in [1.807, 2.05) is 18.2 Å². The fraction of sp³-hybridized carbons (Fsp3) is 0.350. The van der Waals surface area contributed by atoms with Crippen molar-refractivity contribution in [3.63, 3.8) is 0 Å². The van der Waals surface area contributed by atoms with Gasteiger partial charge in [0.15, 0.2) is 4.90 Å². The van der Waals surface area contributed by atoms with E-state index in [9.17, 15) is 23.3 Å². The molecule has 0 aliphatic carbocycles. The van der Waals surface area contributed by atoms with Gasteiger partial charge in [0.1, 0.15) is 0 Å². The van der Waals surface area contributed by atoms with E-state index in [0.29, 0.717) is 25.1 Å². The fourth-order valence-electron chi connectivity index (χ4n) is 3.90. The lowest BCUT2D eigenvalue weighted by molar-refractivity contribution is -0.387. The van der Waals surface area contributed by atoms with E-state index in [1.54, 1.807) is 12.1 Å². The SMILES string of the molecule is O=C(NC[C@H]1CC[C@@H]2[C@@H](CN2S(=O)(=O)c2ccccc2[N+](=O)[O-])O1)Nc1ccccc1. The predicted octanol–water partition coefficient (Wildman–Crippen LogP) is 2.34. The quantitative estimate of drug-likeness (QED) is 0.517. The van der Waals surface area contributed by atoms with E-state index in [-0.39, 0.29) is 35.7 Å².